The Kier molecular flexibility index (Phi) is 8.20. The number of nitrogens with one attached hydrogen (secondary N) is 2. The highest BCUT2D eigenvalue weighted by Crippen LogP contribution is 2.26. The lowest BCUT2D eigenvalue weighted by Gasteiger charge is -2.27. The molecule has 7 nitrogen and oxygen atoms in total. The molecule has 1 aliphatic carbocycles. The molecule has 27 heavy (non-hydrogen) atoms. The molecule has 1 unspecified atom stereocenters. The van der Waals surface area contributed by atoms with E-state index in [0.717, 1.165) is 25.0 Å². The van der Waals surface area contributed by atoms with E-state index in [-0.39, 0.29) is 6.09 Å². The molecule has 0 radical (unpaired) electrons. The van der Waals surface area contributed by atoms with Crippen molar-refractivity contribution in [2.24, 2.45) is 4.99 Å². The summed E-state index contributed by atoms with van der Waals surface area (Å²) in [4.78, 5) is 20.9. The number of carbonyl (C=O) groups excluding carboxylic acids is 1. The standard InChI is InChI=1S/C20H39N5O2/c1-6-24(19(26)27-20(2,3)4)14-12-22-18(21-5)23-16-11-13-25(15-16)17-9-7-8-10-17/h16-17H,6-15H2,1-5H3,(H2,21,22,23). The zero-order valence-corrected chi connectivity index (χ0v) is 17.9. The predicted molar refractivity (Wildman–Crippen MR) is 110 cm³/mol. The number of likely N-dealkylation sites (N-methyl/N-ethyl adjacent to an activating group) is 1. The Morgan fingerprint density at radius 1 is 1.26 bits per heavy atom. The summed E-state index contributed by atoms with van der Waals surface area (Å²) in [7, 11) is 1.80. The summed E-state index contributed by atoms with van der Waals surface area (Å²) in [5.41, 5.74) is -0.469. The summed E-state index contributed by atoms with van der Waals surface area (Å²) < 4.78 is 5.45. The highest BCUT2D eigenvalue weighted by molar-refractivity contribution is 5.80. The quantitative estimate of drug-likeness (QED) is 0.546. The molecule has 0 aromatic heterocycles. The lowest BCUT2D eigenvalue weighted by atomic mass is 10.2. The van der Waals surface area contributed by atoms with Crippen LogP contribution in [0.3, 0.4) is 0 Å². The highest BCUT2D eigenvalue weighted by Gasteiger charge is 2.30. The number of amides is 1. The number of rotatable bonds is 6. The van der Waals surface area contributed by atoms with E-state index in [1.165, 1.54) is 32.2 Å². The van der Waals surface area contributed by atoms with Crippen LogP contribution in [0.5, 0.6) is 0 Å². The van der Waals surface area contributed by atoms with Crippen LogP contribution in [-0.2, 0) is 4.74 Å². The summed E-state index contributed by atoms with van der Waals surface area (Å²) >= 11 is 0. The first-order valence-corrected chi connectivity index (χ1v) is 10.5. The molecule has 1 amide bonds. The Bertz CT molecular complexity index is 497. The van der Waals surface area contributed by atoms with Crippen molar-refractivity contribution in [3.05, 3.63) is 0 Å². The maximum Gasteiger partial charge on any atom is 0.410 e. The van der Waals surface area contributed by atoms with Crippen molar-refractivity contribution in [2.75, 3.05) is 39.8 Å². The van der Waals surface area contributed by atoms with E-state index in [1.807, 2.05) is 27.7 Å². The van der Waals surface area contributed by atoms with E-state index in [4.69, 9.17) is 4.74 Å². The third-order valence-electron chi connectivity index (χ3n) is 5.33. The fourth-order valence-corrected chi connectivity index (χ4v) is 3.91. The second-order valence-electron chi connectivity index (χ2n) is 8.62. The van der Waals surface area contributed by atoms with Gasteiger partial charge in [0.2, 0.25) is 0 Å². The van der Waals surface area contributed by atoms with Crippen LogP contribution < -0.4 is 10.6 Å². The average Bonchev–Trinajstić information content (AvgIpc) is 3.27. The summed E-state index contributed by atoms with van der Waals surface area (Å²) in [5, 5.41) is 6.87. The zero-order chi connectivity index (χ0) is 19.9. The monoisotopic (exact) mass is 381 g/mol. The summed E-state index contributed by atoms with van der Waals surface area (Å²) in [5.74, 6) is 0.813. The second kappa shape index (κ2) is 10.2. The van der Waals surface area contributed by atoms with Crippen LogP contribution in [0, 0.1) is 0 Å². The van der Waals surface area contributed by atoms with Gasteiger partial charge in [0.05, 0.1) is 0 Å². The lowest BCUT2D eigenvalue weighted by Crippen LogP contribution is -2.48. The van der Waals surface area contributed by atoms with Crippen LogP contribution >= 0.6 is 0 Å². The third-order valence-corrected chi connectivity index (χ3v) is 5.33. The number of guanidine groups is 1. The van der Waals surface area contributed by atoms with Gasteiger partial charge in [-0.2, -0.15) is 0 Å². The molecular weight excluding hydrogens is 342 g/mol. The number of carbonyl (C=O) groups is 1. The minimum atomic E-state index is -0.469. The molecule has 0 aromatic rings. The average molecular weight is 382 g/mol. The number of nitrogens with zero attached hydrogens (tertiary/aromatic N) is 3. The molecule has 0 spiro atoms. The Balaban J connectivity index is 1.71. The van der Waals surface area contributed by atoms with Gasteiger partial charge >= 0.3 is 6.09 Å². The van der Waals surface area contributed by atoms with Gasteiger partial charge in [-0.15, -0.1) is 0 Å². The minimum absolute atomic E-state index is 0.266. The largest absolute Gasteiger partial charge is 0.444 e. The number of ether oxygens (including phenoxy) is 1. The number of hydrogen-bond acceptors (Lipinski definition) is 4. The molecule has 1 heterocycles. The molecule has 2 N–H and O–H groups in total. The van der Waals surface area contributed by atoms with Gasteiger partial charge in [0.15, 0.2) is 5.96 Å². The Morgan fingerprint density at radius 3 is 2.56 bits per heavy atom. The van der Waals surface area contributed by atoms with Crippen molar-refractivity contribution in [1.82, 2.24) is 20.4 Å². The summed E-state index contributed by atoms with van der Waals surface area (Å²) in [6.45, 7) is 11.8. The first-order valence-electron chi connectivity index (χ1n) is 10.5. The molecule has 1 atom stereocenters. The molecule has 0 aromatic carbocycles. The van der Waals surface area contributed by atoms with Crippen molar-refractivity contribution in [1.29, 1.82) is 0 Å². The SMILES string of the molecule is CCN(CCNC(=NC)NC1CCN(C2CCCC2)C1)C(=O)OC(C)(C)C. The fraction of sp³-hybridized carbons (Fsp3) is 0.900. The van der Waals surface area contributed by atoms with Gasteiger partial charge in [0.1, 0.15) is 5.60 Å². The first-order chi connectivity index (χ1) is 12.8. The Labute approximate surface area is 164 Å². The maximum absolute atomic E-state index is 12.2. The van der Waals surface area contributed by atoms with Crippen LogP contribution in [0.25, 0.3) is 0 Å². The van der Waals surface area contributed by atoms with Crippen molar-refractivity contribution < 1.29 is 9.53 Å². The van der Waals surface area contributed by atoms with Crippen molar-refractivity contribution >= 4 is 12.1 Å². The van der Waals surface area contributed by atoms with Crippen LogP contribution in [0.2, 0.25) is 0 Å². The van der Waals surface area contributed by atoms with Gasteiger partial charge in [0.25, 0.3) is 0 Å². The summed E-state index contributed by atoms with van der Waals surface area (Å²) in [6, 6.07) is 1.24. The molecule has 2 aliphatic rings. The normalized spacial score (nSPS) is 22.1. The predicted octanol–water partition coefficient (Wildman–Crippen LogP) is 2.43. The van der Waals surface area contributed by atoms with Gasteiger partial charge in [-0.05, 0) is 47.0 Å². The number of aliphatic imine (C=N–C) groups is 1. The Morgan fingerprint density at radius 2 is 1.96 bits per heavy atom. The third kappa shape index (κ3) is 7.20. The molecule has 7 heteroatoms. The second-order valence-corrected chi connectivity index (χ2v) is 8.62. The van der Waals surface area contributed by atoms with Crippen LogP contribution in [0.1, 0.15) is 59.8 Å². The minimum Gasteiger partial charge on any atom is -0.444 e. The van der Waals surface area contributed by atoms with Crippen LogP contribution in [-0.4, -0.2) is 79.3 Å². The molecule has 1 saturated heterocycles. The topological polar surface area (TPSA) is 69.2 Å². The van der Waals surface area contributed by atoms with E-state index in [2.05, 4.69) is 20.5 Å². The molecule has 1 saturated carbocycles. The van der Waals surface area contributed by atoms with E-state index >= 15 is 0 Å². The van der Waals surface area contributed by atoms with E-state index < -0.39 is 5.60 Å². The molecule has 2 rings (SSSR count). The van der Waals surface area contributed by atoms with Gasteiger partial charge in [-0.25, -0.2) is 4.79 Å². The smallest absolute Gasteiger partial charge is 0.410 e. The lowest BCUT2D eigenvalue weighted by molar-refractivity contribution is 0.0264. The van der Waals surface area contributed by atoms with Gasteiger partial charge in [-0.1, -0.05) is 12.8 Å². The van der Waals surface area contributed by atoms with Gasteiger partial charge < -0.3 is 20.3 Å². The van der Waals surface area contributed by atoms with Gasteiger partial charge in [-0.3, -0.25) is 9.89 Å². The molecule has 0 bridgehead atoms. The Hall–Kier alpha value is -1.50. The molecule has 2 fully saturated rings. The maximum atomic E-state index is 12.2. The van der Waals surface area contributed by atoms with Crippen molar-refractivity contribution in [3.8, 4) is 0 Å². The van der Waals surface area contributed by atoms with Crippen molar-refractivity contribution in [2.45, 2.75) is 77.5 Å². The van der Waals surface area contributed by atoms with Gasteiger partial charge in [0, 0.05) is 51.9 Å². The summed E-state index contributed by atoms with van der Waals surface area (Å²) in [6.07, 6.45) is 6.38. The fourth-order valence-electron chi connectivity index (χ4n) is 3.91. The zero-order valence-electron chi connectivity index (χ0n) is 17.9. The van der Waals surface area contributed by atoms with E-state index in [1.54, 1.807) is 11.9 Å². The molecule has 156 valence electrons. The van der Waals surface area contributed by atoms with Crippen LogP contribution in [0.4, 0.5) is 4.79 Å². The van der Waals surface area contributed by atoms with E-state index in [0.29, 0.717) is 25.7 Å². The van der Waals surface area contributed by atoms with Crippen molar-refractivity contribution in [3.63, 3.8) is 0 Å². The van der Waals surface area contributed by atoms with Crippen LogP contribution in [0.15, 0.2) is 4.99 Å². The number of hydrogen-bond donors (Lipinski definition) is 2. The number of likely N-dealkylation sites (tertiary alicyclic amines) is 1. The molecule has 1 aliphatic heterocycles. The first kappa shape index (κ1) is 21.8. The van der Waals surface area contributed by atoms with E-state index in [9.17, 15) is 4.79 Å². The molecular formula is C20H39N5O2. The highest BCUT2D eigenvalue weighted by atomic mass is 16.6.